The summed E-state index contributed by atoms with van der Waals surface area (Å²) in [5.74, 6) is -0.607. The molecule has 1 heterocycles. The molecular formula is C22H18BrN3O2. The van der Waals surface area contributed by atoms with E-state index in [1.54, 1.807) is 36.4 Å². The van der Waals surface area contributed by atoms with Crippen molar-refractivity contribution in [1.82, 2.24) is 10.4 Å². The molecule has 5 nitrogen and oxygen atoms in total. The van der Waals surface area contributed by atoms with Gasteiger partial charge >= 0.3 is 0 Å². The number of hydrogen-bond donors (Lipinski definition) is 2. The van der Waals surface area contributed by atoms with Crippen molar-refractivity contribution < 1.29 is 9.59 Å². The lowest BCUT2D eigenvalue weighted by molar-refractivity contribution is 0.0491. The summed E-state index contributed by atoms with van der Waals surface area (Å²) < 4.78 is 0.881. The van der Waals surface area contributed by atoms with Crippen molar-refractivity contribution in [3.8, 4) is 0 Å². The highest BCUT2D eigenvalue weighted by Gasteiger charge is 2.34. The Morgan fingerprint density at radius 2 is 1.68 bits per heavy atom. The van der Waals surface area contributed by atoms with Crippen LogP contribution in [0.3, 0.4) is 0 Å². The van der Waals surface area contributed by atoms with Gasteiger partial charge in [-0.25, -0.2) is 5.01 Å². The second kappa shape index (κ2) is 7.48. The molecule has 1 atom stereocenters. The number of nitrogens with one attached hydrogen (secondary N) is 2. The summed E-state index contributed by atoms with van der Waals surface area (Å²) in [5.41, 5.74) is 6.51. The van der Waals surface area contributed by atoms with Crippen LogP contribution in [0.5, 0.6) is 0 Å². The minimum absolute atomic E-state index is 0.259. The highest BCUT2D eigenvalue weighted by atomic mass is 79.9. The van der Waals surface area contributed by atoms with E-state index < -0.39 is 6.17 Å². The Bertz CT molecular complexity index is 1030. The molecule has 3 aromatic rings. The fourth-order valence-corrected chi connectivity index (χ4v) is 3.39. The van der Waals surface area contributed by atoms with E-state index >= 15 is 0 Å². The maximum absolute atomic E-state index is 13.2. The predicted octanol–water partition coefficient (Wildman–Crippen LogP) is 4.67. The van der Waals surface area contributed by atoms with Crippen LogP contribution < -0.4 is 10.7 Å². The van der Waals surface area contributed by atoms with Crippen molar-refractivity contribution in [2.24, 2.45) is 0 Å². The molecule has 0 aliphatic carbocycles. The summed E-state index contributed by atoms with van der Waals surface area (Å²) in [6, 6.07) is 22.1. The van der Waals surface area contributed by atoms with Gasteiger partial charge in [0.2, 0.25) is 0 Å². The first-order chi connectivity index (χ1) is 13.5. The number of hydrazine groups is 1. The molecule has 2 amide bonds. The van der Waals surface area contributed by atoms with Crippen molar-refractivity contribution in [3.05, 3.63) is 99.5 Å². The van der Waals surface area contributed by atoms with Crippen LogP contribution in [0, 0.1) is 6.92 Å². The number of anilines is 1. The number of carbonyl (C=O) groups is 2. The third kappa shape index (κ3) is 3.51. The molecule has 3 aromatic carbocycles. The van der Waals surface area contributed by atoms with Crippen LogP contribution >= 0.6 is 15.9 Å². The molecule has 1 aliphatic heterocycles. The zero-order valence-electron chi connectivity index (χ0n) is 15.1. The standard InChI is InChI=1S/C22H18BrN3O2/c1-14-6-8-15(9-7-14)20-24-19-5-3-2-4-18(19)22(28)26(20)25-21(27)16-10-12-17(23)13-11-16/h2-13,20,24H,1H3,(H,25,27). The smallest absolute Gasteiger partial charge is 0.276 e. The Hall–Kier alpha value is -3.12. The molecule has 1 aliphatic rings. The minimum atomic E-state index is -0.512. The first-order valence-electron chi connectivity index (χ1n) is 8.85. The van der Waals surface area contributed by atoms with Crippen molar-refractivity contribution in [3.63, 3.8) is 0 Å². The molecule has 0 bridgehead atoms. The van der Waals surface area contributed by atoms with Crippen LogP contribution in [0.2, 0.25) is 0 Å². The van der Waals surface area contributed by atoms with Crippen molar-refractivity contribution >= 4 is 33.4 Å². The van der Waals surface area contributed by atoms with Crippen LogP contribution in [0.15, 0.2) is 77.3 Å². The van der Waals surface area contributed by atoms with E-state index in [2.05, 4.69) is 26.7 Å². The Morgan fingerprint density at radius 1 is 1.00 bits per heavy atom. The van der Waals surface area contributed by atoms with Crippen molar-refractivity contribution in [1.29, 1.82) is 0 Å². The molecule has 0 saturated heterocycles. The molecule has 0 fully saturated rings. The zero-order valence-corrected chi connectivity index (χ0v) is 16.7. The number of fused-ring (bicyclic) bond motifs is 1. The normalized spacial score (nSPS) is 15.6. The largest absolute Gasteiger partial charge is 0.359 e. The molecule has 0 saturated carbocycles. The van der Waals surface area contributed by atoms with Gasteiger partial charge in [0.1, 0.15) is 6.17 Å². The van der Waals surface area contributed by atoms with E-state index in [1.807, 2.05) is 43.3 Å². The number of hydrogen-bond acceptors (Lipinski definition) is 3. The first-order valence-corrected chi connectivity index (χ1v) is 9.64. The molecule has 0 spiro atoms. The number of nitrogens with zero attached hydrogens (tertiary/aromatic N) is 1. The third-order valence-corrected chi connectivity index (χ3v) is 5.18. The maximum atomic E-state index is 13.2. The van der Waals surface area contributed by atoms with Crippen LogP contribution in [0.4, 0.5) is 5.69 Å². The molecular weight excluding hydrogens is 418 g/mol. The molecule has 140 valence electrons. The van der Waals surface area contributed by atoms with E-state index in [1.165, 1.54) is 5.01 Å². The Kier molecular flexibility index (Phi) is 4.88. The van der Waals surface area contributed by atoms with Gasteiger partial charge in [-0.3, -0.25) is 15.0 Å². The fraction of sp³-hybridized carbons (Fsp3) is 0.0909. The van der Waals surface area contributed by atoms with Gasteiger partial charge in [-0.2, -0.15) is 0 Å². The highest BCUT2D eigenvalue weighted by Crippen LogP contribution is 2.32. The topological polar surface area (TPSA) is 61.4 Å². The second-order valence-corrected chi connectivity index (χ2v) is 7.54. The molecule has 6 heteroatoms. The van der Waals surface area contributed by atoms with Crippen LogP contribution in [0.1, 0.15) is 38.0 Å². The van der Waals surface area contributed by atoms with Crippen LogP contribution in [-0.2, 0) is 0 Å². The number of amides is 2. The number of benzene rings is 3. The molecule has 1 unspecified atom stereocenters. The predicted molar refractivity (Wildman–Crippen MR) is 112 cm³/mol. The molecule has 28 heavy (non-hydrogen) atoms. The van der Waals surface area contributed by atoms with Gasteiger partial charge in [0.15, 0.2) is 0 Å². The highest BCUT2D eigenvalue weighted by molar-refractivity contribution is 9.10. The van der Waals surface area contributed by atoms with E-state index in [0.717, 1.165) is 21.3 Å². The van der Waals surface area contributed by atoms with Crippen molar-refractivity contribution in [2.75, 3.05) is 5.32 Å². The van der Waals surface area contributed by atoms with Gasteiger partial charge < -0.3 is 5.32 Å². The number of para-hydroxylation sites is 1. The number of aryl methyl sites for hydroxylation is 1. The monoisotopic (exact) mass is 435 g/mol. The SMILES string of the molecule is Cc1ccc(C2Nc3ccccc3C(=O)N2NC(=O)c2ccc(Br)cc2)cc1. The summed E-state index contributed by atoms with van der Waals surface area (Å²) >= 11 is 3.36. The van der Waals surface area contributed by atoms with Crippen LogP contribution in [0.25, 0.3) is 0 Å². The third-order valence-electron chi connectivity index (χ3n) is 4.65. The summed E-state index contributed by atoms with van der Waals surface area (Å²) in [4.78, 5) is 25.9. The lowest BCUT2D eigenvalue weighted by Crippen LogP contribution is -2.52. The molecule has 0 aromatic heterocycles. The Labute approximate surface area is 171 Å². The second-order valence-electron chi connectivity index (χ2n) is 6.63. The lowest BCUT2D eigenvalue weighted by atomic mass is 10.0. The minimum Gasteiger partial charge on any atom is -0.359 e. The van der Waals surface area contributed by atoms with Gasteiger partial charge in [0.25, 0.3) is 11.8 Å². The van der Waals surface area contributed by atoms with Gasteiger partial charge in [-0.05, 0) is 48.9 Å². The Morgan fingerprint density at radius 3 is 2.39 bits per heavy atom. The molecule has 0 radical (unpaired) electrons. The summed E-state index contributed by atoms with van der Waals surface area (Å²) in [6.45, 7) is 2.01. The zero-order chi connectivity index (χ0) is 19.7. The average Bonchev–Trinajstić information content (AvgIpc) is 2.71. The number of halogens is 1. The Balaban J connectivity index is 1.70. The van der Waals surface area contributed by atoms with Gasteiger partial charge in [-0.1, -0.05) is 57.9 Å². The van der Waals surface area contributed by atoms with Crippen LogP contribution in [-0.4, -0.2) is 16.8 Å². The quantitative estimate of drug-likeness (QED) is 0.628. The van der Waals surface area contributed by atoms with Gasteiger partial charge in [0, 0.05) is 15.7 Å². The maximum Gasteiger partial charge on any atom is 0.276 e. The average molecular weight is 436 g/mol. The summed E-state index contributed by atoms with van der Waals surface area (Å²) in [6.07, 6.45) is -0.512. The van der Waals surface area contributed by atoms with Gasteiger partial charge in [0.05, 0.1) is 5.56 Å². The number of rotatable bonds is 3. The molecule has 2 N–H and O–H groups in total. The van der Waals surface area contributed by atoms with E-state index in [-0.39, 0.29) is 11.8 Å². The summed E-state index contributed by atoms with van der Waals surface area (Å²) in [5, 5.41) is 4.72. The molecule has 4 rings (SSSR count). The first kappa shape index (κ1) is 18.3. The fourth-order valence-electron chi connectivity index (χ4n) is 3.13. The lowest BCUT2D eigenvalue weighted by Gasteiger charge is -2.37. The number of carbonyl (C=O) groups excluding carboxylic acids is 2. The van der Waals surface area contributed by atoms with Gasteiger partial charge in [-0.15, -0.1) is 0 Å². The van der Waals surface area contributed by atoms with E-state index in [4.69, 9.17) is 0 Å². The van der Waals surface area contributed by atoms with Crippen molar-refractivity contribution in [2.45, 2.75) is 13.1 Å². The summed E-state index contributed by atoms with van der Waals surface area (Å²) in [7, 11) is 0. The van der Waals surface area contributed by atoms with E-state index in [9.17, 15) is 9.59 Å². The van der Waals surface area contributed by atoms with E-state index in [0.29, 0.717) is 11.1 Å².